The Hall–Kier alpha value is -4.04. The van der Waals surface area contributed by atoms with Gasteiger partial charge in [-0.15, -0.1) is 0 Å². The van der Waals surface area contributed by atoms with Crippen LogP contribution >= 0.6 is 0 Å². The number of nitrogens with zero attached hydrogens (tertiary/aromatic N) is 4. The van der Waals surface area contributed by atoms with Crippen LogP contribution in [0, 0.1) is 0 Å². The molecule has 0 bridgehead atoms. The smallest absolute Gasteiger partial charge is 0.257 e. The van der Waals surface area contributed by atoms with E-state index in [4.69, 9.17) is 13.9 Å². The number of phenols is 1. The third-order valence-corrected chi connectivity index (χ3v) is 6.70. The third kappa shape index (κ3) is 4.17. The van der Waals surface area contributed by atoms with Crippen LogP contribution in [-0.2, 0) is 4.79 Å². The number of anilines is 1. The monoisotopic (exact) mass is 470 g/mol. The summed E-state index contributed by atoms with van der Waals surface area (Å²) < 4.78 is 11.7. The number of carbonyl (C=O) groups excluding carboxylic acids is 1. The summed E-state index contributed by atoms with van der Waals surface area (Å²) in [5.41, 5.74) is 2.36. The maximum absolute atomic E-state index is 13.4. The number of furan rings is 2. The summed E-state index contributed by atoms with van der Waals surface area (Å²) in [4.78, 5) is 17.7. The van der Waals surface area contributed by atoms with Crippen molar-refractivity contribution in [1.29, 1.82) is 0 Å². The molecule has 0 aliphatic carbocycles. The van der Waals surface area contributed by atoms with Crippen LogP contribution in [0.2, 0.25) is 0 Å². The Morgan fingerprint density at radius 2 is 1.80 bits per heavy atom. The molecule has 1 saturated heterocycles. The second-order valence-corrected chi connectivity index (χ2v) is 8.92. The van der Waals surface area contributed by atoms with Crippen molar-refractivity contribution in [3.63, 3.8) is 0 Å². The van der Waals surface area contributed by atoms with Gasteiger partial charge in [0.15, 0.2) is 5.76 Å². The summed E-state index contributed by atoms with van der Waals surface area (Å²) in [6.07, 6.45) is 2.15. The van der Waals surface area contributed by atoms with Crippen LogP contribution in [0.3, 0.4) is 0 Å². The molecule has 8 nitrogen and oxygen atoms in total. The van der Waals surface area contributed by atoms with Gasteiger partial charge in [-0.2, -0.15) is 5.10 Å². The van der Waals surface area contributed by atoms with Gasteiger partial charge in [0.05, 0.1) is 18.5 Å². The first-order valence-corrected chi connectivity index (χ1v) is 11.8. The van der Waals surface area contributed by atoms with Crippen molar-refractivity contribution < 1.29 is 18.7 Å². The van der Waals surface area contributed by atoms with Crippen LogP contribution in [0.25, 0.3) is 11.0 Å². The van der Waals surface area contributed by atoms with E-state index in [0.29, 0.717) is 17.9 Å². The van der Waals surface area contributed by atoms with Crippen molar-refractivity contribution >= 4 is 28.3 Å². The molecule has 4 aromatic rings. The molecule has 2 aliphatic heterocycles. The van der Waals surface area contributed by atoms with E-state index in [-0.39, 0.29) is 24.2 Å². The van der Waals surface area contributed by atoms with E-state index in [9.17, 15) is 9.90 Å². The summed E-state index contributed by atoms with van der Waals surface area (Å²) in [5.74, 6) is 1.59. The number of piperazine rings is 1. The largest absolute Gasteiger partial charge is 0.506 e. The molecule has 8 heteroatoms. The van der Waals surface area contributed by atoms with Gasteiger partial charge in [0, 0.05) is 38.0 Å². The molecule has 1 amide bonds. The minimum atomic E-state index is -0.303. The lowest BCUT2D eigenvalue weighted by molar-refractivity contribution is -0.134. The summed E-state index contributed by atoms with van der Waals surface area (Å²) in [6, 6.07) is 20.6. The molecular formula is C27H26N4O4. The SMILES string of the molecule is O=C(CN1CCN(c2ccccc2O)CC1)N1N=C(c2cc3ccccc3o2)C[C@@H]1c1ccco1. The minimum Gasteiger partial charge on any atom is -0.506 e. The van der Waals surface area contributed by atoms with Gasteiger partial charge in [-0.25, -0.2) is 5.01 Å². The standard InChI is InChI=1S/C27H26N4O4/c32-23-8-3-2-7-21(23)30-13-11-29(12-14-30)18-27(33)31-22(25-10-5-15-34-25)17-20(28-31)26-16-19-6-1-4-9-24(19)35-26/h1-10,15-16,22,32H,11-14,17-18H2/t22-/m1/s1. The fourth-order valence-electron chi connectivity index (χ4n) is 4.86. The fraction of sp³-hybridized carbons (Fsp3) is 0.259. The van der Waals surface area contributed by atoms with Crippen LogP contribution in [0.4, 0.5) is 5.69 Å². The number of carbonyl (C=O) groups is 1. The van der Waals surface area contributed by atoms with E-state index in [1.807, 2.05) is 60.7 Å². The molecule has 35 heavy (non-hydrogen) atoms. The Balaban J connectivity index is 1.18. The lowest BCUT2D eigenvalue weighted by Crippen LogP contribution is -2.49. The lowest BCUT2D eigenvalue weighted by atomic mass is 10.1. The van der Waals surface area contributed by atoms with Crippen LogP contribution in [0.1, 0.15) is 24.0 Å². The van der Waals surface area contributed by atoms with Crippen molar-refractivity contribution in [1.82, 2.24) is 9.91 Å². The number of hydrogen-bond donors (Lipinski definition) is 1. The summed E-state index contributed by atoms with van der Waals surface area (Å²) in [6.45, 7) is 3.18. The Kier molecular flexibility index (Phi) is 5.50. The highest BCUT2D eigenvalue weighted by atomic mass is 16.3. The number of hydrazone groups is 1. The molecule has 0 unspecified atom stereocenters. The van der Waals surface area contributed by atoms with Gasteiger partial charge < -0.3 is 18.8 Å². The second kappa shape index (κ2) is 8.96. The van der Waals surface area contributed by atoms with Gasteiger partial charge in [0.1, 0.15) is 28.8 Å². The number of aromatic hydroxyl groups is 1. The molecule has 2 aromatic heterocycles. The molecule has 4 heterocycles. The van der Waals surface area contributed by atoms with E-state index in [0.717, 1.165) is 48.5 Å². The number of fused-ring (bicyclic) bond motifs is 1. The zero-order valence-electron chi connectivity index (χ0n) is 19.2. The molecule has 1 N–H and O–H groups in total. The first-order valence-electron chi connectivity index (χ1n) is 11.8. The maximum Gasteiger partial charge on any atom is 0.257 e. The summed E-state index contributed by atoms with van der Waals surface area (Å²) in [7, 11) is 0. The quantitative estimate of drug-likeness (QED) is 0.470. The predicted molar refractivity (Wildman–Crippen MR) is 132 cm³/mol. The molecule has 178 valence electrons. The Labute approximate surface area is 202 Å². The first-order chi connectivity index (χ1) is 17.2. The summed E-state index contributed by atoms with van der Waals surface area (Å²) in [5, 5.41) is 17.4. The minimum absolute atomic E-state index is 0.0754. The van der Waals surface area contributed by atoms with Crippen molar-refractivity contribution in [2.45, 2.75) is 12.5 Å². The molecule has 2 aromatic carbocycles. The number of benzene rings is 2. The van der Waals surface area contributed by atoms with Crippen molar-refractivity contribution in [2.24, 2.45) is 5.10 Å². The van der Waals surface area contributed by atoms with E-state index in [1.165, 1.54) is 0 Å². The molecule has 1 fully saturated rings. The van der Waals surface area contributed by atoms with E-state index in [1.54, 1.807) is 17.3 Å². The molecule has 6 rings (SSSR count). The van der Waals surface area contributed by atoms with Gasteiger partial charge in [-0.1, -0.05) is 30.3 Å². The number of para-hydroxylation sites is 3. The Bertz CT molecular complexity index is 1340. The molecule has 0 radical (unpaired) electrons. The molecule has 2 aliphatic rings. The second-order valence-electron chi connectivity index (χ2n) is 8.92. The number of amides is 1. The number of rotatable bonds is 5. The van der Waals surface area contributed by atoms with Crippen molar-refractivity contribution in [3.8, 4) is 5.75 Å². The Morgan fingerprint density at radius 3 is 2.57 bits per heavy atom. The highest BCUT2D eigenvalue weighted by Crippen LogP contribution is 2.34. The summed E-state index contributed by atoms with van der Waals surface area (Å²) >= 11 is 0. The van der Waals surface area contributed by atoms with E-state index in [2.05, 4.69) is 9.80 Å². The predicted octanol–water partition coefficient (Wildman–Crippen LogP) is 4.23. The van der Waals surface area contributed by atoms with Crippen LogP contribution < -0.4 is 4.90 Å². The van der Waals surface area contributed by atoms with E-state index < -0.39 is 0 Å². The van der Waals surface area contributed by atoms with Crippen LogP contribution in [-0.4, -0.2) is 59.4 Å². The zero-order chi connectivity index (χ0) is 23.8. The highest BCUT2D eigenvalue weighted by molar-refractivity contribution is 6.03. The van der Waals surface area contributed by atoms with Crippen LogP contribution in [0.5, 0.6) is 5.75 Å². The zero-order valence-corrected chi connectivity index (χ0v) is 19.2. The van der Waals surface area contributed by atoms with Gasteiger partial charge in [0.25, 0.3) is 5.91 Å². The van der Waals surface area contributed by atoms with Crippen molar-refractivity contribution in [2.75, 3.05) is 37.6 Å². The molecule has 0 spiro atoms. The number of phenolic OH excluding ortho intramolecular Hbond substituents is 1. The maximum atomic E-state index is 13.4. The molecule has 1 atom stereocenters. The lowest BCUT2D eigenvalue weighted by Gasteiger charge is -2.36. The fourth-order valence-corrected chi connectivity index (χ4v) is 4.86. The van der Waals surface area contributed by atoms with Gasteiger partial charge >= 0.3 is 0 Å². The topological polar surface area (TPSA) is 85.7 Å². The number of hydrogen-bond acceptors (Lipinski definition) is 7. The van der Waals surface area contributed by atoms with Crippen LogP contribution in [0.15, 0.2) is 86.9 Å². The average Bonchev–Trinajstić information content (AvgIpc) is 3.64. The Morgan fingerprint density at radius 1 is 1.00 bits per heavy atom. The average molecular weight is 471 g/mol. The highest BCUT2D eigenvalue weighted by Gasteiger charge is 2.36. The molecular weight excluding hydrogens is 444 g/mol. The molecule has 0 saturated carbocycles. The van der Waals surface area contributed by atoms with Gasteiger partial charge in [-0.05, 0) is 36.4 Å². The van der Waals surface area contributed by atoms with Gasteiger partial charge in [0.2, 0.25) is 0 Å². The first kappa shape index (κ1) is 21.5. The normalized spacial score (nSPS) is 18.9. The third-order valence-electron chi connectivity index (χ3n) is 6.70. The van der Waals surface area contributed by atoms with E-state index >= 15 is 0 Å². The van der Waals surface area contributed by atoms with Gasteiger partial charge in [-0.3, -0.25) is 9.69 Å². The van der Waals surface area contributed by atoms with Crippen molar-refractivity contribution in [3.05, 3.63) is 84.5 Å².